The molecule has 0 fully saturated rings. The Morgan fingerprint density at radius 2 is 1.56 bits per heavy atom. The van der Waals surface area contributed by atoms with Crippen LogP contribution in [0.3, 0.4) is 0 Å². The molecule has 0 aliphatic heterocycles. The van der Waals surface area contributed by atoms with Crippen LogP contribution in [0.5, 0.6) is 0 Å². The molecule has 0 radical (unpaired) electrons. The van der Waals surface area contributed by atoms with Crippen LogP contribution in [0, 0.1) is 5.92 Å². The maximum absolute atomic E-state index is 12.0. The van der Waals surface area contributed by atoms with E-state index in [2.05, 4.69) is 29.8 Å². The predicted octanol–water partition coefficient (Wildman–Crippen LogP) is 4.41. The molecule has 1 nitrogen and oxygen atoms in total. The normalized spacial score (nSPS) is 13.2. The molecular formula is C14H19BrO. The van der Waals surface area contributed by atoms with Gasteiger partial charge in [-0.25, -0.2) is 0 Å². The van der Waals surface area contributed by atoms with Gasteiger partial charge in [-0.3, -0.25) is 4.79 Å². The summed E-state index contributed by atoms with van der Waals surface area (Å²) in [7, 11) is 0. The third-order valence-electron chi connectivity index (χ3n) is 2.70. The molecule has 1 rings (SSSR count). The van der Waals surface area contributed by atoms with E-state index in [1.807, 2.05) is 38.1 Å². The molecular weight excluding hydrogens is 264 g/mol. The second kappa shape index (κ2) is 5.62. The number of benzene rings is 1. The first-order valence-corrected chi connectivity index (χ1v) is 6.63. The van der Waals surface area contributed by atoms with Crippen molar-refractivity contribution < 1.29 is 4.79 Å². The van der Waals surface area contributed by atoms with Gasteiger partial charge in [0.2, 0.25) is 0 Å². The molecule has 16 heavy (non-hydrogen) atoms. The van der Waals surface area contributed by atoms with E-state index in [1.54, 1.807) is 0 Å². The number of carbonyl (C=O) groups excluding carboxylic acids is 1. The topological polar surface area (TPSA) is 17.1 Å². The monoisotopic (exact) mass is 282 g/mol. The Balaban J connectivity index is 2.86. The lowest BCUT2D eigenvalue weighted by Crippen LogP contribution is -2.19. The van der Waals surface area contributed by atoms with E-state index in [0.717, 1.165) is 5.56 Å². The van der Waals surface area contributed by atoms with Crippen molar-refractivity contribution in [3.63, 3.8) is 0 Å². The Labute approximate surface area is 106 Å². The molecule has 0 saturated carbocycles. The van der Waals surface area contributed by atoms with Gasteiger partial charge < -0.3 is 0 Å². The van der Waals surface area contributed by atoms with Crippen molar-refractivity contribution in [1.82, 2.24) is 0 Å². The molecule has 0 aliphatic carbocycles. The van der Waals surface area contributed by atoms with E-state index in [9.17, 15) is 4.79 Å². The lowest BCUT2D eigenvalue weighted by atomic mass is 9.97. The van der Waals surface area contributed by atoms with Crippen molar-refractivity contribution in [1.29, 1.82) is 0 Å². The van der Waals surface area contributed by atoms with Crippen LogP contribution in [0.4, 0.5) is 0 Å². The van der Waals surface area contributed by atoms with E-state index >= 15 is 0 Å². The van der Waals surface area contributed by atoms with E-state index in [0.29, 0.717) is 11.8 Å². The number of alkyl halides is 1. The average Bonchev–Trinajstić information content (AvgIpc) is 2.27. The summed E-state index contributed by atoms with van der Waals surface area (Å²) in [5.74, 6) is 0.997. The molecule has 2 heteroatoms. The Hall–Kier alpha value is -0.630. The number of rotatable bonds is 4. The van der Waals surface area contributed by atoms with Crippen molar-refractivity contribution in [2.75, 3.05) is 0 Å². The van der Waals surface area contributed by atoms with Crippen molar-refractivity contribution in [3.05, 3.63) is 35.4 Å². The third-order valence-corrected chi connectivity index (χ3v) is 4.17. The van der Waals surface area contributed by atoms with Crippen LogP contribution < -0.4 is 0 Å². The minimum Gasteiger partial charge on any atom is -0.293 e. The summed E-state index contributed by atoms with van der Waals surface area (Å²) in [6.45, 7) is 8.38. The Kier molecular flexibility index (Phi) is 4.72. The van der Waals surface area contributed by atoms with Crippen LogP contribution in [-0.4, -0.2) is 10.6 Å². The first-order chi connectivity index (χ1) is 7.43. The minimum atomic E-state index is -0.0857. The van der Waals surface area contributed by atoms with Crippen molar-refractivity contribution in [3.8, 4) is 0 Å². The maximum atomic E-state index is 12.0. The summed E-state index contributed by atoms with van der Waals surface area (Å²) >= 11 is 3.44. The molecule has 1 aromatic rings. The number of ketones is 1. The molecule has 1 unspecified atom stereocenters. The predicted molar refractivity (Wildman–Crippen MR) is 72.4 cm³/mol. The van der Waals surface area contributed by atoms with Crippen molar-refractivity contribution in [2.45, 2.75) is 38.4 Å². The molecule has 0 saturated heterocycles. The lowest BCUT2D eigenvalue weighted by Gasteiger charge is -2.13. The third kappa shape index (κ3) is 3.18. The van der Waals surface area contributed by atoms with Gasteiger partial charge in [0.05, 0.1) is 4.83 Å². The maximum Gasteiger partial charge on any atom is 0.176 e. The summed E-state index contributed by atoms with van der Waals surface area (Å²) in [4.78, 5) is 11.9. The van der Waals surface area contributed by atoms with Crippen LogP contribution in [-0.2, 0) is 0 Å². The molecule has 1 aromatic carbocycles. The second-order valence-corrected chi connectivity index (χ2v) is 5.77. The van der Waals surface area contributed by atoms with Crippen LogP contribution >= 0.6 is 15.9 Å². The van der Waals surface area contributed by atoms with Crippen LogP contribution in [0.2, 0.25) is 0 Å². The zero-order chi connectivity index (χ0) is 12.3. The van der Waals surface area contributed by atoms with Gasteiger partial charge in [0, 0.05) is 5.56 Å². The van der Waals surface area contributed by atoms with Gasteiger partial charge in [-0.1, -0.05) is 67.9 Å². The highest BCUT2D eigenvalue weighted by Gasteiger charge is 2.19. The number of carbonyl (C=O) groups is 1. The molecule has 1 atom stereocenters. The van der Waals surface area contributed by atoms with Gasteiger partial charge in [0.1, 0.15) is 0 Å². The van der Waals surface area contributed by atoms with E-state index in [1.165, 1.54) is 5.56 Å². The van der Waals surface area contributed by atoms with Crippen LogP contribution in [0.1, 0.15) is 49.5 Å². The quantitative estimate of drug-likeness (QED) is 0.591. The highest BCUT2D eigenvalue weighted by molar-refractivity contribution is 9.10. The van der Waals surface area contributed by atoms with Gasteiger partial charge in [-0.15, -0.1) is 0 Å². The first-order valence-electron chi connectivity index (χ1n) is 5.71. The smallest absolute Gasteiger partial charge is 0.176 e. The fraction of sp³-hybridized carbons (Fsp3) is 0.500. The molecule has 0 amide bonds. The molecule has 0 spiro atoms. The summed E-state index contributed by atoms with van der Waals surface area (Å²) in [5.41, 5.74) is 2.06. The van der Waals surface area contributed by atoms with Gasteiger partial charge in [-0.05, 0) is 17.4 Å². The molecule has 88 valence electrons. The fourth-order valence-corrected chi connectivity index (χ4v) is 1.76. The number of halogens is 1. The molecule has 0 aliphatic rings. The number of Topliss-reactive ketones (excluding diaryl/α,β-unsaturated/α-hetero) is 1. The van der Waals surface area contributed by atoms with Crippen molar-refractivity contribution >= 4 is 21.7 Å². The number of hydrogen-bond donors (Lipinski definition) is 0. The average molecular weight is 283 g/mol. The van der Waals surface area contributed by atoms with Crippen LogP contribution in [0.25, 0.3) is 0 Å². The Morgan fingerprint density at radius 3 is 1.94 bits per heavy atom. The van der Waals surface area contributed by atoms with E-state index < -0.39 is 0 Å². The highest BCUT2D eigenvalue weighted by atomic mass is 79.9. The number of hydrogen-bond acceptors (Lipinski definition) is 1. The largest absolute Gasteiger partial charge is 0.293 e. The zero-order valence-corrected chi connectivity index (χ0v) is 11.9. The van der Waals surface area contributed by atoms with Gasteiger partial charge in [-0.2, -0.15) is 0 Å². The van der Waals surface area contributed by atoms with E-state index in [-0.39, 0.29) is 10.6 Å². The van der Waals surface area contributed by atoms with Gasteiger partial charge in [0.15, 0.2) is 5.78 Å². The summed E-state index contributed by atoms with van der Waals surface area (Å²) in [6, 6.07) is 7.93. The highest BCUT2D eigenvalue weighted by Crippen LogP contribution is 2.20. The Morgan fingerprint density at radius 1 is 1.06 bits per heavy atom. The fourth-order valence-electron chi connectivity index (χ4n) is 1.49. The second-order valence-electron chi connectivity index (χ2n) is 4.79. The molecule has 0 heterocycles. The van der Waals surface area contributed by atoms with Gasteiger partial charge >= 0.3 is 0 Å². The SMILES string of the molecule is CC(C)c1ccc(C(=O)C(Br)C(C)C)cc1. The van der Waals surface area contributed by atoms with Crippen molar-refractivity contribution in [2.24, 2.45) is 5.92 Å². The molecule has 0 aromatic heterocycles. The van der Waals surface area contributed by atoms with Gasteiger partial charge in [0.25, 0.3) is 0 Å². The summed E-state index contributed by atoms with van der Waals surface area (Å²) < 4.78 is 0. The standard InChI is InChI=1S/C14H19BrO/c1-9(2)11-5-7-12(8-6-11)14(16)13(15)10(3)4/h5-10,13H,1-4H3. The Bertz CT molecular complexity index is 352. The minimum absolute atomic E-state index is 0.0857. The van der Waals surface area contributed by atoms with Crippen LogP contribution in [0.15, 0.2) is 24.3 Å². The summed E-state index contributed by atoms with van der Waals surface area (Å²) in [5, 5.41) is 0. The zero-order valence-electron chi connectivity index (χ0n) is 10.3. The summed E-state index contributed by atoms with van der Waals surface area (Å²) in [6.07, 6.45) is 0. The molecule has 0 N–H and O–H groups in total. The van der Waals surface area contributed by atoms with E-state index in [4.69, 9.17) is 0 Å². The first kappa shape index (κ1) is 13.4. The lowest BCUT2D eigenvalue weighted by molar-refractivity contribution is 0.0978. The molecule has 0 bridgehead atoms.